The van der Waals surface area contributed by atoms with Crippen LogP contribution in [0.1, 0.15) is 57.2 Å². The third kappa shape index (κ3) is 5.62. The highest BCUT2D eigenvalue weighted by Gasteiger charge is 2.30. The van der Waals surface area contributed by atoms with Crippen molar-refractivity contribution >= 4 is 21.8 Å². The van der Waals surface area contributed by atoms with Gasteiger partial charge in [0.15, 0.2) is 0 Å². The van der Waals surface area contributed by atoms with Crippen molar-refractivity contribution in [3.8, 4) is 0 Å². The molecular weight excluding hydrogens is 438 g/mol. The Labute approximate surface area is 196 Å². The number of rotatable bonds is 6. The summed E-state index contributed by atoms with van der Waals surface area (Å²) in [5.74, 6) is 0.0494. The van der Waals surface area contributed by atoms with Crippen LogP contribution in [0.25, 0.3) is 0 Å². The smallest absolute Gasteiger partial charge is 0.253 e. The first-order valence-corrected chi connectivity index (χ1v) is 12.6. The standard InChI is InChI=1S/C25H33N3O4S/c1-17-9-11-28(12-10-17)33(31,32)23-15-22(13-18(2)19(23)3)24(29)26-16-20-7-6-8-21(14-20)25(30)27(4)5/h6-8,13-15,17H,9-12,16H2,1-5H3,(H,26,29). The Balaban J connectivity index is 1.80. The molecule has 1 aliphatic heterocycles. The summed E-state index contributed by atoms with van der Waals surface area (Å²) in [7, 11) is -0.300. The third-order valence-corrected chi connectivity index (χ3v) is 8.30. The molecule has 3 rings (SSSR count). The van der Waals surface area contributed by atoms with Crippen molar-refractivity contribution in [1.82, 2.24) is 14.5 Å². The Morgan fingerprint density at radius 1 is 1.06 bits per heavy atom. The number of hydrogen-bond acceptors (Lipinski definition) is 4. The highest BCUT2D eigenvalue weighted by atomic mass is 32.2. The molecular formula is C25H33N3O4S. The molecule has 0 saturated carbocycles. The van der Waals surface area contributed by atoms with E-state index in [1.165, 1.54) is 15.3 Å². The number of carbonyl (C=O) groups is 2. The number of benzene rings is 2. The zero-order valence-corrected chi connectivity index (χ0v) is 20.8. The van der Waals surface area contributed by atoms with E-state index in [-0.39, 0.29) is 23.3 Å². The molecule has 0 radical (unpaired) electrons. The monoisotopic (exact) mass is 471 g/mol. The van der Waals surface area contributed by atoms with Crippen LogP contribution < -0.4 is 5.32 Å². The van der Waals surface area contributed by atoms with Crippen molar-refractivity contribution in [3.63, 3.8) is 0 Å². The van der Waals surface area contributed by atoms with E-state index >= 15 is 0 Å². The van der Waals surface area contributed by atoms with Gasteiger partial charge < -0.3 is 10.2 Å². The molecule has 0 atom stereocenters. The van der Waals surface area contributed by atoms with Gasteiger partial charge in [-0.25, -0.2) is 8.42 Å². The zero-order valence-electron chi connectivity index (χ0n) is 20.0. The maximum atomic E-state index is 13.3. The van der Waals surface area contributed by atoms with Gasteiger partial charge in [0.1, 0.15) is 0 Å². The quantitative estimate of drug-likeness (QED) is 0.700. The Kier molecular flexibility index (Phi) is 7.59. The van der Waals surface area contributed by atoms with Gasteiger partial charge >= 0.3 is 0 Å². The number of nitrogens with one attached hydrogen (secondary N) is 1. The van der Waals surface area contributed by atoms with E-state index in [0.29, 0.717) is 35.7 Å². The average Bonchev–Trinajstić information content (AvgIpc) is 2.78. The van der Waals surface area contributed by atoms with Crippen LogP contribution in [0.4, 0.5) is 0 Å². The van der Waals surface area contributed by atoms with Gasteiger partial charge in [0.25, 0.3) is 11.8 Å². The number of sulfonamides is 1. The first kappa shape index (κ1) is 24.9. The minimum atomic E-state index is -3.67. The fraction of sp³-hybridized carbons (Fsp3) is 0.440. The summed E-state index contributed by atoms with van der Waals surface area (Å²) in [5, 5.41) is 2.85. The second-order valence-electron chi connectivity index (χ2n) is 9.09. The fourth-order valence-corrected chi connectivity index (χ4v) is 5.74. The number of hydrogen-bond donors (Lipinski definition) is 1. The predicted molar refractivity (Wildman–Crippen MR) is 129 cm³/mol. The SMILES string of the molecule is Cc1cc(C(=O)NCc2cccc(C(=O)N(C)C)c2)cc(S(=O)(=O)N2CCC(C)CC2)c1C. The molecule has 0 spiro atoms. The molecule has 0 unspecified atom stereocenters. The lowest BCUT2D eigenvalue weighted by Gasteiger charge is -2.30. The fourth-order valence-electron chi connectivity index (χ4n) is 3.95. The van der Waals surface area contributed by atoms with E-state index in [1.807, 2.05) is 13.0 Å². The van der Waals surface area contributed by atoms with Crippen LogP contribution in [-0.2, 0) is 16.6 Å². The lowest BCUT2D eigenvalue weighted by Crippen LogP contribution is -2.38. The van der Waals surface area contributed by atoms with Crippen LogP contribution in [-0.4, -0.2) is 56.6 Å². The van der Waals surface area contributed by atoms with Gasteiger partial charge in [-0.3, -0.25) is 9.59 Å². The molecule has 33 heavy (non-hydrogen) atoms. The molecule has 0 aliphatic carbocycles. The molecule has 2 aromatic carbocycles. The van der Waals surface area contributed by atoms with Crippen molar-refractivity contribution in [2.45, 2.75) is 45.1 Å². The molecule has 1 N–H and O–H groups in total. The third-order valence-electron chi connectivity index (χ3n) is 6.28. The van der Waals surface area contributed by atoms with E-state index in [2.05, 4.69) is 12.2 Å². The Bertz CT molecular complexity index is 1150. The summed E-state index contributed by atoms with van der Waals surface area (Å²) in [6, 6.07) is 10.3. The highest BCUT2D eigenvalue weighted by Crippen LogP contribution is 2.28. The normalized spacial score (nSPS) is 15.3. The van der Waals surface area contributed by atoms with E-state index in [4.69, 9.17) is 0 Å². The van der Waals surface area contributed by atoms with E-state index < -0.39 is 10.0 Å². The molecule has 1 aliphatic rings. The molecule has 2 aromatic rings. The van der Waals surface area contributed by atoms with Crippen LogP contribution in [0.3, 0.4) is 0 Å². The number of amides is 2. The summed E-state index contributed by atoms with van der Waals surface area (Å²) in [6.07, 6.45) is 1.68. The number of piperidine rings is 1. The van der Waals surface area contributed by atoms with Crippen LogP contribution in [0.15, 0.2) is 41.3 Å². The summed E-state index contributed by atoms with van der Waals surface area (Å²) in [6.45, 7) is 6.97. The van der Waals surface area contributed by atoms with Crippen LogP contribution in [0.5, 0.6) is 0 Å². The van der Waals surface area contributed by atoms with E-state index in [9.17, 15) is 18.0 Å². The van der Waals surface area contributed by atoms with Crippen LogP contribution >= 0.6 is 0 Å². The van der Waals surface area contributed by atoms with Crippen molar-refractivity contribution in [2.24, 2.45) is 5.92 Å². The van der Waals surface area contributed by atoms with Crippen molar-refractivity contribution in [3.05, 3.63) is 64.2 Å². The van der Waals surface area contributed by atoms with Gasteiger partial charge in [0.2, 0.25) is 10.0 Å². The molecule has 1 heterocycles. The van der Waals surface area contributed by atoms with Gasteiger partial charge in [-0.05, 0) is 73.6 Å². The lowest BCUT2D eigenvalue weighted by atomic mass is 10.0. The first-order chi connectivity index (χ1) is 15.5. The van der Waals surface area contributed by atoms with E-state index in [1.54, 1.807) is 45.3 Å². The van der Waals surface area contributed by atoms with Crippen molar-refractivity contribution < 1.29 is 18.0 Å². The lowest BCUT2D eigenvalue weighted by molar-refractivity contribution is 0.0827. The number of nitrogens with zero attached hydrogens (tertiary/aromatic N) is 2. The number of carbonyl (C=O) groups excluding carboxylic acids is 2. The second kappa shape index (κ2) is 10.1. The molecule has 0 bridgehead atoms. The molecule has 7 nitrogen and oxygen atoms in total. The highest BCUT2D eigenvalue weighted by molar-refractivity contribution is 7.89. The zero-order chi connectivity index (χ0) is 24.3. The van der Waals surface area contributed by atoms with E-state index in [0.717, 1.165) is 24.0 Å². The van der Waals surface area contributed by atoms with Crippen molar-refractivity contribution in [1.29, 1.82) is 0 Å². The molecule has 1 saturated heterocycles. The largest absolute Gasteiger partial charge is 0.348 e. The second-order valence-corrected chi connectivity index (χ2v) is 11.0. The molecule has 0 aromatic heterocycles. The minimum absolute atomic E-state index is 0.112. The molecule has 8 heteroatoms. The Morgan fingerprint density at radius 2 is 1.73 bits per heavy atom. The van der Waals surface area contributed by atoms with Gasteiger partial charge in [0, 0.05) is 44.9 Å². The summed E-state index contributed by atoms with van der Waals surface area (Å²) < 4.78 is 28.2. The van der Waals surface area contributed by atoms with Crippen LogP contribution in [0, 0.1) is 19.8 Å². The maximum absolute atomic E-state index is 13.3. The Morgan fingerprint density at radius 3 is 2.36 bits per heavy atom. The van der Waals surface area contributed by atoms with Crippen molar-refractivity contribution in [2.75, 3.05) is 27.2 Å². The topological polar surface area (TPSA) is 86.8 Å². The van der Waals surface area contributed by atoms with Gasteiger partial charge in [-0.15, -0.1) is 0 Å². The van der Waals surface area contributed by atoms with Gasteiger partial charge in [0.05, 0.1) is 4.90 Å². The van der Waals surface area contributed by atoms with Crippen LogP contribution in [0.2, 0.25) is 0 Å². The average molecular weight is 472 g/mol. The van der Waals surface area contributed by atoms with Gasteiger partial charge in [-0.1, -0.05) is 19.1 Å². The summed E-state index contributed by atoms with van der Waals surface area (Å²) in [5.41, 5.74) is 3.06. The summed E-state index contributed by atoms with van der Waals surface area (Å²) >= 11 is 0. The molecule has 1 fully saturated rings. The number of aryl methyl sites for hydroxylation is 1. The Hall–Kier alpha value is -2.71. The predicted octanol–water partition coefficient (Wildman–Crippen LogP) is 3.36. The summed E-state index contributed by atoms with van der Waals surface area (Å²) in [4.78, 5) is 26.8. The maximum Gasteiger partial charge on any atom is 0.253 e. The molecule has 178 valence electrons. The minimum Gasteiger partial charge on any atom is -0.348 e. The van der Waals surface area contributed by atoms with Gasteiger partial charge in [-0.2, -0.15) is 4.31 Å². The first-order valence-electron chi connectivity index (χ1n) is 11.2. The molecule has 2 amide bonds.